The molecule has 0 fully saturated rings. The Hall–Kier alpha value is -1.38. The summed E-state index contributed by atoms with van der Waals surface area (Å²) in [6, 6.07) is 7.29. The van der Waals surface area contributed by atoms with Crippen LogP contribution in [0.5, 0.6) is 5.75 Å². The van der Waals surface area contributed by atoms with Gasteiger partial charge in [0.15, 0.2) is 0 Å². The van der Waals surface area contributed by atoms with Crippen molar-refractivity contribution in [3.05, 3.63) is 24.3 Å². The maximum Gasteiger partial charge on any atom is 0.119 e. The van der Waals surface area contributed by atoms with Crippen LogP contribution in [0.1, 0.15) is 0 Å². The Morgan fingerprint density at radius 2 is 1.12 bits per heavy atom. The van der Waals surface area contributed by atoms with Gasteiger partial charge in [-0.25, -0.2) is 0 Å². The van der Waals surface area contributed by atoms with Crippen LogP contribution in [0.4, 0.5) is 5.69 Å². The highest BCUT2D eigenvalue weighted by Gasteiger charge is 1.95. The van der Waals surface area contributed by atoms with Crippen molar-refractivity contribution < 1.29 is 23.7 Å². The van der Waals surface area contributed by atoms with Gasteiger partial charge in [0.25, 0.3) is 0 Å². The third kappa shape index (κ3) is 13.6. The number of rotatable bonds is 16. The second kappa shape index (κ2) is 14.9. The van der Waals surface area contributed by atoms with Gasteiger partial charge in [-0.3, -0.25) is 0 Å². The monoisotopic (exact) mass is 356 g/mol. The second-order valence-corrected chi connectivity index (χ2v) is 5.67. The van der Waals surface area contributed by atoms with E-state index in [0.29, 0.717) is 52.9 Å². The summed E-state index contributed by atoms with van der Waals surface area (Å²) in [6.07, 6.45) is 0. The van der Waals surface area contributed by atoms with Crippen LogP contribution < -0.4 is 10.5 Å². The van der Waals surface area contributed by atoms with Crippen molar-refractivity contribution >= 4 is 5.69 Å². The van der Waals surface area contributed by atoms with E-state index in [2.05, 4.69) is 4.90 Å². The molecule has 0 spiro atoms. The van der Waals surface area contributed by atoms with Gasteiger partial charge in [-0.15, -0.1) is 0 Å². The Morgan fingerprint density at radius 1 is 0.680 bits per heavy atom. The molecule has 0 aliphatic rings. The highest BCUT2D eigenvalue weighted by molar-refractivity contribution is 5.41. The summed E-state index contributed by atoms with van der Waals surface area (Å²) in [4.78, 5) is 2.08. The van der Waals surface area contributed by atoms with Crippen LogP contribution in [0.25, 0.3) is 0 Å². The van der Waals surface area contributed by atoms with Crippen molar-refractivity contribution in [1.82, 2.24) is 4.90 Å². The van der Waals surface area contributed by atoms with Crippen LogP contribution in [0, 0.1) is 0 Å². The molecule has 7 nitrogen and oxygen atoms in total. The molecule has 1 rings (SSSR count). The molecular formula is C18H32N2O5. The lowest BCUT2D eigenvalue weighted by Crippen LogP contribution is -2.19. The standard InChI is InChI=1S/C18H32N2O5/c1-20(2)7-8-21-9-10-22-11-12-23-13-14-24-15-16-25-18-5-3-17(19)4-6-18/h3-6H,7-16,19H2,1-2H3. The Balaban J connectivity index is 1.75. The SMILES string of the molecule is CN(C)CCOCCOCCOCCOCCOc1ccc(N)cc1. The first-order valence-corrected chi connectivity index (χ1v) is 8.62. The zero-order valence-electron chi connectivity index (χ0n) is 15.4. The Kier molecular flexibility index (Phi) is 12.9. The molecule has 144 valence electrons. The Morgan fingerprint density at radius 3 is 1.60 bits per heavy atom. The van der Waals surface area contributed by atoms with Crippen molar-refractivity contribution in [2.75, 3.05) is 85.8 Å². The molecule has 0 radical (unpaired) electrons. The van der Waals surface area contributed by atoms with Crippen molar-refractivity contribution in [3.63, 3.8) is 0 Å². The van der Waals surface area contributed by atoms with Gasteiger partial charge in [0.2, 0.25) is 0 Å². The third-order valence-electron chi connectivity index (χ3n) is 3.18. The predicted molar refractivity (Wildman–Crippen MR) is 98.2 cm³/mol. The van der Waals surface area contributed by atoms with E-state index in [-0.39, 0.29) is 0 Å². The van der Waals surface area contributed by atoms with Crippen molar-refractivity contribution in [2.24, 2.45) is 0 Å². The van der Waals surface area contributed by atoms with Gasteiger partial charge in [-0.1, -0.05) is 0 Å². The van der Waals surface area contributed by atoms with Gasteiger partial charge in [-0.2, -0.15) is 0 Å². The van der Waals surface area contributed by atoms with Crippen LogP contribution in [0.2, 0.25) is 0 Å². The Bertz CT molecular complexity index is 414. The molecule has 2 N–H and O–H groups in total. The fraction of sp³-hybridized carbons (Fsp3) is 0.667. The van der Waals surface area contributed by atoms with E-state index < -0.39 is 0 Å². The van der Waals surface area contributed by atoms with Crippen molar-refractivity contribution in [1.29, 1.82) is 0 Å². The van der Waals surface area contributed by atoms with Gasteiger partial charge < -0.3 is 34.3 Å². The van der Waals surface area contributed by atoms with Crippen LogP contribution >= 0.6 is 0 Å². The molecule has 0 aliphatic carbocycles. The zero-order chi connectivity index (χ0) is 18.2. The van der Waals surface area contributed by atoms with E-state index in [1.165, 1.54) is 0 Å². The summed E-state index contributed by atoms with van der Waals surface area (Å²) in [5, 5.41) is 0. The predicted octanol–water partition coefficient (Wildman–Crippen LogP) is 1.28. The number of nitrogens with two attached hydrogens (primary N) is 1. The molecule has 25 heavy (non-hydrogen) atoms. The van der Waals surface area contributed by atoms with Crippen LogP contribution in [-0.2, 0) is 18.9 Å². The van der Waals surface area contributed by atoms with Crippen molar-refractivity contribution in [3.8, 4) is 5.75 Å². The lowest BCUT2D eigenvalue weighted by Gasteiger charge is -2.10. The summed E-state index contributed by atoms with van der Waals surface area (Å²) in [6.45, 7) is 6.10. The van der Waals surface area contributed by atoms with Crippen LogP contribution in [0.3, 0.4) is 0 Å². The molecular weight excluding hydrogens is 324 g/mol. The topological polar surface area (TPSA) is 75.4 Å². The van der Waals surface area contributed by atoms with Crippen LogP contribution in [-0.4, -0.2) is 85.0 Å². The normalized spacial score (nSPS) is 11.2. The highest BCUT2D eigenvalue weighted by atomic mass is 16.6. The number of hydrogen-bond donors (Lipinski definition) is 1. The van der Waals surface area contributed by atoms with Gasteiger partial charge >= 0.3 is 0 Å². The lowest BCUT2D eigenvalue weighted by atomic mass is 10.3. The minimum absolute atomic E-state index is 0.501. The minimum Gasteiger partial charge on any atom is -0.491 e. The summed E-state index contributed by atoms with van der Waals surface area (Å²) in [5.74, 6) is 0.789. The molecule has 0 aromatic heterocycles. The first-order chi connectivity index (χ1) is 12.2. The summed E-state index contributed by atoms with van der Waals surface area (Å²) < 4.78 is 27.2. The molecule has 0 bridgehead atoms. The van der Waals surface area contributed by atoms with E-state index in [1.807, 2.05) is 38.4 Å². The smallest absolute Gasteiger partial charge is 0.119 e. The molecule has 0 saturated heterocycles. The number of ether oxygens (including phenoxy) is 5. The molecule has 0 atom stereocenters. The molecule has 1 aromatic rings. The van der Waals surface area contributed by atoms with Crippen molar-refractivity contribution in [2.45, 2.75) is 0 Å². The Labute approximate surface area is 150 Å². The first-order valence-electron chi connectivity index (χ1n) is 8.62. The van der Waals surface area contributed by atoms with E-state index in [4.69, 9.17) is 29.4 Å². The van der Waals surface area contributed by atoms with Gasteiger partial charge in [0.1, 0.15) is 12.4 Å². The maximum absolute atomic E-state index is 5.61. The first kappa shape index (κ1) is 21.7. The van der Waals surface area contributed by atoms with Gasteiger partial charge in [0, 0.05) is 12.2 Å². The summed E-state index contributed by atoms with van der Waals surface area (Å²) in [7, 11) is 4.04. The number of benzene rings is 1. The largest absolute Gasteiger partial charge is 0.491 e. The number of nitrogens with zero attached hydrogens (tertiary/aromatic N) is 1. The van der Waals surface area contributed by atoms with E-state index in [9.17, 15) is 0 Å². The average Bonchev–Trinajstić information content (AvgIpc) is 2.59. The number of nitrogen functional groups attached to an aromatic ring is 1. The number of anilines is 1. The lowest BCUT2D eigenvalue weighted by molar-refractivity contribution is -0.00554. The summed E-state index contributed by atoms with van der Waals surface area (Å²) >= 11 is 0. The quantitative estimate of drug-likeness (QED) is 0.353. The molecule has 0 unspecified atom stereocenters. The molecule has 0 amide bonds. The average molecular weight is 356 g/mol. The fourth-order valence-electron chi connectivity index (χ4n) is 1.79. The molecule has 7 heteroatoms. The third-order valence-corrected chi connectivity index (χ3v) is 3.18. The molecule has 1 aromatic carbocycles. The van der Waals surface area contributed by atoms with E-state index in [1.54, 1.807) is 0 Å². The van der Waals surface area contributed by atoms with Crippen LogP contribution in [0.15, 0.2) is 24.3 Å². The summed E-state index contributed by atoms with van der Waals surface area (Å²) in [5.41, 5.74) is 6.33. The number of hydrogen-bond acceptors (Lipinski definition) is 7. The van der Waals surface area contributed by atoms with E-state index >= 15 is 0 Å². The zero-order valence-corrected chi connectivity index (χ0v) is 15.4. The highest BCUT2D eigenvalue weighted by Crippen LogP contribution is 2.12. The molecule has 0 aliphatic heterocycles. The van der Waals surface area contributed by atoms with Gasteiger partial charge in [-0.05, 0) is 38.4 Å². The molecule has 0 heterocycles. The minimum atomic E-state index is 0.501. The second-order valence-electron chi connectivity index (χ2n) is 5.67. The fourth-order valence-corrected chi connectivity index (χ4v) is 1.79. The number of likely N-dealkylation sites (N-methyl/N-ethyl adjacent to an activating group) is 1. The van der Waals surface area contributed by atoms with E-state index in [0.717, 1.165) is 24.6 Å². The molecule has 0 saturated carbocycles. The van der Waals surface area contributed by atoms with Gasteiger partial charge in [0.05, 0.1) is 52.9 Å². The maximum atomic E-state index is 5.61.